The lowest BCUT2D eigenvalue weighted by Crippen LogP contribution is -2.30. The molecule has 0 spiro atoms. The van der Waals surface area contributed by atoms with E-state index in [-0.39, 0.29) is 0 Å². The number of benzene rings is 1. The summed E-state index contributed by atoms with van der Waals surface area (Å²) in [6.07, 6.45) is 0. The SMILES string of the molecule is CCNC(C)C(C)c1ccccc1OCCOC. The molecule has 18 heavy (non-hydrogen) atoms. The number of nitrogens with one attached hydrogen (secondary N) is 1. The van der Waals surface area contributed by atoms with Gasteiger partial charge in [0.2, 0.25) is 0 Å². The molecule has 0 aliphatic rings. The van der Waals surface area contributed by atoms with Gasteiger partial charge in [0.1, 0.15) is 12.4 Å². The first-order valence-corrected chi connectivity index (χ1v) is 6.64. The minimum atomic E-state index is 0.420. The summed E-state index contributed by atoms with van der Waals surface area (Å²) in [5.74, 6) is 1.38. The third-order valence-electron chi connectivity index (χ3n) is 3.23. The van der Waals surface area contributed by atoms with Crippen LogP contribution in [0.4, 0.5) is 0 Å². The molecule has 0 aliphatic carbocycles. The molecule has 0 saturated heterocycles. The monoisotopic (exact) mass is 251 g/mol. The molecule has 1 N–H and O–H groups in total. The first-order chi connectivity index (χ1) is 8.70. The van der Waals surface area contributed by atoms with Crippen LogP contribution in [0.15, 0.2) is 24.3 Å². The summed E-state index contributed by atoms with van der Waals surface area (Å²) in [4.78, 5) is 0. The van der Waals surface area contributed by atoms with E-state index in [2.05, 4.69) is 38.2 Å². The second-order valence-corrected chi connectivity index (χ2v) is 4.51. The van der Waals surface area contributed by atoms with E-state index in [0.29, 0.717) is 25.2 Å². The lowest BCUT2D eigenvalue weighted by atomic mass is 9.93. The Balaban J connectivity index is 2.73. The number of ether oxygens (including phenoxy) is 2. The van der Waals surface area contributed by atoms with Gasteiger partial charge in [0, 0.05) is 13.2 Å². The Bertz CT molecular complexity index is 341. The molecule has 3 heteroatoms. The predicted octanol–water partition coefficient (Wildman–Crippen LogP) is 2.81. The van der Waals surface area contributed by atoms with Gasteiger partial charge in [0.15, 0.2) is 0 Å². The van der Waals surface area contributed by atoms with Crippen molar-refractivity contribution in [3.8, 4) is 5.75 Å². The van der Waals surface area contributed by atoms with E-state index in [1.807, 2.05) is 12.1 Å². The fourth-order valence-electron chi connectivity index (χ4n) is 1.99. The molecule has 0 fully saturated rings. The molecule has 102 valence electrons. The van der Waals surface area contributed by atoms with Crippen molar-refractivity contribution in [2.45, 2.75) is 32.7 Å². The summed E-state index contributed by atoms with van der Waals surface area (Å²) < 4.78 is 10.8. The van der Waals surface area contributed by atoms with E-state index in [9.17, 15) is 0 Å². The molecule has 0 heterocycles. The maximum atomic E-state index is 5.77. The fourth-order valence-corrected chi connectivity index (χ4v) is 1.99. The van der Waals surface area contributed by atoms with Crippen molar-refractivity contribution in [1.82, 2.24) is 5.32 Å². The van der Waals surface area contributed by atoms with Gasteiger partial charge in [0.25, 0.3) is 0 Å². The Hall–Kier alpha value is -1.06. The Morgan fingerprint density at radius 2 is 1.89 bits per heavy atom. The second kappa shape index (κ2) is 8.11. The summed E-state index contributed by atoms with van der Waals surface area (Å²) in [5, 5.41) is 3.46. The molecule has 2 unspecified atom stereocenters. The van der Waals surface area contributed by atoms with Gasteiger partial charge in [-0.1, -0.05) is 32.0 Å². The van der Waals surface area contributed by atoms with Crippen LogP contribution >= 0.6 is 0 Å². The molecule has 1 aromatic rings. The first-order valence-electron chi connectivity index (χ1n) is 6.64. The predicted molar refractivity (Wildman–Crippen MR) is 75.4 cm³/mol. The number of methoxy groups -OCH3 is 1. The molecular formula is C15H25NO2. The van der Waals surface area contributed by atoms with Gasteiger partial charge < -0.3 is 14.8 Å². The standard InChI is InChI=1S/C15H25NO2/c1-5-16-13(3)12(2)14-8-6-7-9-15(14)18-11-10-17-4/h6-9,12-13,16H,5,10-11H2,1-4H3. The van der Waals surface area contributed by atoms with Gasteiger partial charge in [-0.3, -0.25) is 0 Å². The number of hydrogen-bond acceptors (Lipinski definition) is 3. The molecule has 0 saturated carbocycles. The molecular weight excluding hydrogens is 226 g/mol. The zero-order valence-corrected chi connectivity index (χ0v) is 11.9. The van der Waals surface area contributed by atoms with Crippen molar-refractivity contribution < 1.29 is 9.47 Å². The van der Waals surface area contributed by atoms with Crippen LogP contribution < -0.4 is 10.1 Å². The van der Waals surface area contributed by atoms with Crippen LogP contribution in [0.2, 0.25) is 0 Å². The zero-order valence-electron chi connectivity index (χ0n) is 11.9. The van der Waals surface area contributed by atoms with E-state index in [1.165, 1.54) is 5.56 Å². The highest BCUT2D eigenvalue weighted by Gasteiger charge is 2.17. The Morgan fingerprint density at radius 1 is 1.17 bits per heavy atom. The zero-order chi connectivity index (χ0) is 13.4. The molecule has 1 aromatic carbocycles. The second-order valence-electron chi connectivity index (χ2n) is 4.51. The Labute approximate surface area is 110 Å². The topological polar surface area (TPSA) is 30.5 Å². The average molecular weight is 251 g/mol. The van der Waals surface area contributed by atoms with Gasteiger partial charge in [-0.25, -0.2) is 0 Å². The maximum Gasteiger partial charge on any atom is 0.122 e. The van der Waals surface area contributed by atoms with Gasteiger partial charge in [-0.2, -0.15) is 0 Å². The van der Waals surface area contributed by atoms with E-state index in [4.69, 9.17) is 9.47 Å². The van der Waals surface area contributed by atoms with E-state index in [1.54, 1.807) is 7.11 Å². The number of rotatable bonds is 8. The largest absolute Gasteiger partial charge is 0.491 e. The van der Waals surface area contributed by atoms with Gasteiger partial charge in [-0.05, 0) is 31.0 Å². The van der Waals surface area contributed by atoms with Crippen molar-refractivity contribution in [3.05, 3.63) is 29.8 Å². The Morgan fingerprint density at radius 3 is 2.56 bits per heavy atom. The summed E-state index contributed by atoms with van der Waals surface area (Å²) in [6.45, 7) is 8.76. The van der Waals surface area contributed by atoms with Crippen molar-refractivity contribution in [3.63, 3.8) is 0 Å². The van der Waals surface area contributed by atoms with Crippen LogP contribution in [0.5, 0.6) is 5.75 Å². The lowest BCUT2D eigenvalue weighted by Gasteiger charge is -2.23. The molecule has 1 rings (SSSR count). The van der Waals surface area contributed by atoms with E-state index >= 15 is 0 Å². The third-order valence-corrected chi connectivity index (χ3v) is 3.23. The lowest BCUT2D eigenvalue weighted by molar-refractivity contribution is 0.145. The average Bonchev–Trinajstić information content (AvgIpc) is 2.39. The quantitative estimate of drug-likeness (QED) is 0.721. The van der Waals surface area contributed by atoms with Crippen LogP contribution in [0.3, 0.4) is 0 Å². The van der Waals surface area contributed by atoms with Crippen LogP contribution in [0.1, 0.15) is 32.3 Å². The highest BCUT2D eigenvalue weighted by molar-refractivity contribution is 5.36. The molecule has 0 aliphatic heterocycles. The summed E-state index contributed by atoms with van der Waals surface area (Å²) in [7, 11) is 1.69. The highest BCUT2D eigenvalue weighted by Crippen LogP contribution is 2.28. The molecule has 0 amide bonds. The normalized spacial score (nSPS) is 14.2. The van der Waals surface area contributed by atoms with Gasteiger partial charge >= 0.3 is 0 Å². The number of para-hydroxylation sites is 1. The molecule has 3 nitrogen and oxygen atoms in total. The van der Waals surface area contributed by atoms with Crippen molar-refractivity contribution >= 4 is 0 Å². The van der Waals surface area contributed by atoms with E-state index in [0.717, 1.165) is 12.3 Å². The van der Waals surface area contributed by atoms with Crippen LogP contribution in [0, 0.1) is 0 Å². The van der Waals surface area contributed by atoms with Crippen LogP contribution in [-0.4, -0.2) is 32.9 Å². The molecule has 0 radical (unpaired) electrons. The smallest absolute Gasteiger partial charge is 0.122 e. The Kier molecular flexibility index (Phi) is 6.76. The van der Waals surface area contributed by atoms with Crippen molar-refractivity contribution in [1.29, 1.82) is 0 Å². The first kappa shape index (κ1) is 15.0. The van der Waals surface area contributed by atoms with Crippen LogP contribution in [0.25, 0.3) is 0 Å². The fraction of sp³-hybridized carbons (Fsp3) is 0.600. The number of hydrogen-bond donors (Lipinski definition) is 1. The number of likely N-dealkylation sites (N-methyl/N-ethyl adjacent to an activating group) is 1. The summed E-state index contributed by atoms with van der Waals surface area (Å²) in [5.41, 5.74) is 1.25. The minimum Gasteiger partial charge on any atom is -0.491 e. The van der Waals surface area contributed by atoms with Crippen molar-refractivity contribution in [2.24, 2.45) is 0 Å². The van der Waals surface area contributed by atoms with Gasteiger partial charge in [0.05, 0.1) is 6.61 Å². The minimum absolute atomic E-state index is 0.420. The van der Waals surface area contributed by atoms with Crippen LogP contribution in [-0.2, 0) is 4.74 Å². The van der Waals surface area contributed by atoms with Gasteiger partial charge in [-0.15, -0.1) is 0 Å². The molecule has 0 aromatic heterocycles. The third kappa shape index (κ3) is 4.31. The molecule has 0 bridgehead atoms. The van der Waals surface area contributed by atoms with E-state index < -0.39 is 0 Å². The van der Waals surface area contributed by atoms with Crippen molar-refractivity contribution in [2.75, 3.05) is 26.9 Å². The summed E-state index contributed by atoms with van der Waals surface area (Å²) >= 11 is 0. The maximum absolute atomic E-state index is 5.77. The highest BCUT2D eigenvalue weighted by atomic mass is 16.5. The summed E-state index contributed by atoms with van der Waals surface area (Å²) in [6, 6.07) is 8.67. The molecule has 2 atom stereocenters.